The van der Waals surface area contributed by atoms with Gasteiger partial charge >= 0.3 is 0 Å². The van der Waals surface area contributed by atoms with E-state index in [9.17, 15) is 20.0 Å². The molecule has 2 N–H and O–H groups in total. The summed E-state index contributed by atoms with van der Waals surface area (Å²) in [5, 5.41) is 24.8. The van der Waals surface area contributed by atoms with Crippen molar-refractivity contribution in [2.45, 2.75) is 19.8 Å². The van der Waals surface area contributed by atoms with Crippen molar-refractivity contribution in [3.05, 3.63) is 63.2 Å². The van der Waals surface area contributed by atoms with Crippen molar-refractivity contribution in [2.24, 2.45) is 5.10 Å². The van der Waals surface area contributed by atoms with E-state index < -0.39 is 4.92 Å². The summed E-state index contributed by atoms with van der Waals surface area (Å²) in [5.41, 5.74) is 4.67. The van der Waals surface area contributed by atoms with Crippen molar-refractivity contribution in [1.82, 2.24) is 5.43 Å². The second-order valence-corrected chi connectivity index (χ2v) is 6.31. The lowest BCUT2D eigenvalue weighted by Gasteiger charge is -2.17. The zero-order chi connectivity index (χ0) is 20.3. The first-order chi connectivity index (χ1) is 13.4. The smallest absolute Gasteiger partial charge is 0.269 e. The predicted molar refractivity (Wildman–Crippen MR) is 101 cm³/mol. The van der Waals surface area contributed by atoms with Gasteiger partial charge in [-0.05, 0) is 29.8 Å². The molecule has 1 heterocycles. The van der Waals surface area contributed by atoms with Crippen LogP contribution in [0.1, 0.15) is 36.5 Å². The number of nitro benzene ring substituents is 1. The fraction of sp³-hybridized carbons (Fsp3) is 0.263. The van der Waals surface area contributed by atoms with Crippen LogP contribution in [-0.2, 0) is 4.79 Å². The number of hydrazone groups is 1. The third kappa shape index (κ3) is 3.94. The van der Waals surface area contributed by atoms with E-state index in [0.29, 0.717) is 28.3 Å². The molecule has 0 radical (unpaired) electrons. The maximum atomic E-state index is 11.4. The maximum absolute atomic E-state index is 11.4. The maximum Gasteiger partial charge on any atom is 0.269 e. The van der Waals surface area contributed by atoms with Gasteiger partial charge < -0.3 is 14.6 Å². The van der Waals surface area contributed by atoms with Crippen molar-refractivity contribution in [1.29, 1.82) is 0 Å². The van der Waals surface area contributed by atoms with Crippen molar-refractivity contribution in [2.75, 3.05) is 13.4 Å². The number of benzene rings is 2. The lowest BCUT2D eigenvalue weighted by atomic mass is 9.90. The van der Waals surface area contributed by atoms with Gasteiger partial charge in [-0.25, -0.2) is 5.43 Å². The van der Waals surface area contributed by atoms with Gasteiger partial charge in [0, 0.05) is 42.7 Å². The normalized spacial score (nSPS) is 13.9. The van der Waals surface area contributed by atoms with Gasteiger partial charge in [-0.15, -0.1) is 0 Å². The number of hydrogen-bond acceptors (Lipinski definition) is 7. The first kappa shape index (κ1) is 19.3. The Kier molecular flexibility index (Phi) is 5.55. The molecule has 0 aliphatic carbocycles. The van der Waals surface area contributed by atoms with E-state index in [1.165, 1.54) is 19.1 Å². The lowest BCUT2D eigenvalue weighted by Crippen LogP contribution is -2.19. The minimum Gasteiger partial charge on any atom is -0.454 e. The van der Waals surface area contributed by atoms with Crippen LogP contribution < -0.4 is 14.9 Å². The number of non-ortho nitro benzene ring substituents is 1. The number of rotatable bonds is 6. The van der Waals surface area contributed by atoms with E-state index in [4.69, 9.17) is 9.47 Å². The highest BCUT2D eigenvalue weighted by Crippen LogP contribution is 2.38. The van der Waals surface area contributed by atoms with Crippen molar-refractivity contribution < 1.29 is 24.3 Å². The average molecular weight is 385 g/mol. The molecule has 0 fully saturated rings. The van der Waals surface area contributed by atoms with Gasteiger partial charge in [-0.2, -0.15) is 5.10 Å². The molecule has 0 saturated heterocycles. The Hall–Kier alpha value is -3.46. The molecule has 28 heavy (non-hydrogen) atoms. The molecule has 0 aromatic heterocycles. The Morgan fingerprint density at radius 2 is 1.93 bits per heavy atom. The highest BCUT2D eigenvalue weighted by atomic mass is 16.7. The van der Waals surface area contributed by atoms with Crippen LogP contribution in [0.4, 0.5) is 5.69 Å². The summed E-state index contributed by atoms with van der Waals surface area (Å²) in [6.45, 7) is 3.14. The quantitative estimate of drug-likeness (QED) is 0.447. The molecule has 9 nitrogen and oxygen atoms in total. The molecule has 3 rings (SSSR count). The van der Waals surface area contributed by atoms with Crippen molar-refractivity contribution >= 4 is 17.3 Å². The van der Waals surface area contributed by atoms with Crippen LogP contribution in [0.2, 0.25) is 0 Å². The highest BCUT2D eigenvalue weighted by molar-refractivity contribution is 6.14. The van der Waals surface area contributed by atoms with Gasteiger partial charge in [0.1, 0.15) is 0 Å². The van der Waals surface area contributed by atoms with Gasteiger partial charge in [0.25, 0.3) is 5.69 Å². The van der Waals surface area contributed by atoms with E-state index in [0.717, 1.165) is 5.56 Å². The number of hydrogen-bond donors (Lipinski definition) is 2. The molecule has 2 aromatic rings. The Balaban J connectivity index is 2.16. The summed E-state index contributed by atoms with van der Waals surface area (Å²) in [5.74, 6) is 0.463. The number of fused-ring (bicyclic) bond motifs is 1. The number of aliphatic hydroxyl groups is 1. The van der Waals surface area contributed by atoms with Crippen LogP contribution in [0.5, 0.6) is 11.5 Å². The monoisotopic (exact) mass is 385 g/mol. The molecule has 0 saturated carbocycles. The summed E-state index contributed by atoms with van der Waals surface area (Å²) in [4.78, 5) is 21.9. The van der Waals surface area contributed by atoms with Gasteiger partial charge in [0.15, 0.2) is 11.5 Å². The second kappa shape index (κ2) is 8.05. The summed E-state index contributed by atoms with van der Waals surface area (Å²) in [6.07, 6.45) is 0. The SMILES string of the molecule is CC(=O)N/N=C(\c1ccc([N+](=O)[O-])cc1)c1cc2c(cc1C(C)CO)OCO2. The third-order valence-corrected chi connectivity index (χ3v) is 4.28. The Labute approximate surface area is 160 Å². The van der Waals surface area contributed by atoms with Crippen LogP contribution in [-0.4, -0.2) is 35.0 Å². The Morgan fingerprint density at radius 3 is 2.50 bits per heavy atom. The average Bonchev–Trinajstić information content (AvgIpc) is 3.14. The number of ether oxygens (including phenoxy) is 2. The molecule has 1 atom stereocenters. The van der Waals surface area contributed by atoms with E-state index in [1.807, 2.05) is 6.92 Å². The van der Waals surface area contributed by atoms with Gasteiger partial charge in [0.05, 0.1) is 10.6 Å². The largest absolute Gasteiger partial charge is 0.454 e. The number of nitro groups is 1. The number of amides is 1. The molecular weight excluding hydrogens is 366 g/mol. The standard InChI is InChI=1S/C19H19N3O6/c1-11(9-23)15-7-17-18(28-10-27-17)8-16(15)19(21-20-12(2)24)13-3-5-14(6-4-13)22(25)26/h3-8,11,23H,9-10H2,1-2H3,(H,20,24)/b21-19+. The van der Waals surface area contributed by atoms with Crippen LogP contribution in [0, 0.1) is 10.1 Å². The summed E-state index contributed by atoms with van der Waals surface area (Å²) in [6, 6.07) is 9.33. The van der Waals surface area contributed by atoms with Crippen molar-refractivity contribution in [3.8, 4) is 11.5 Å². The van der Waals surface area contributed by atoms with Crippen LogP contribution in [0.15, 0.2) is 41.5 Å². The molecule has 2 aromatic carbocycles. The number of aliphatic hydroxyl groups excluding tert-OH is 1. The molecule has 1 amide bonds. The molecule has 0 bridgehead atoms. The summed E-state index contributed by atoms with van der Waals surface area (Å²) >= 11 is 0. The molecule has 1 aliphatic heterocycles. The van der Waals surface area contributed by atoms with Gasteiger partial charge in [-0.3, -0.25) is 14.9 Å². The van der Waals surface area contributed by atoms with E-state index in [-0.39, 0.29) is 30.9 Å². The first-order valence-electron chi connectivity index (χ1n) is 8.54. The van der Waals surface area contributed by atoms with E-state index in [1.54, 1.807) is 24.3 Å². The zero-order valence-corrected chi connectivity index (χ0v) is 15.3. The fourth-order valence-electron chi connectivity index (χ4n) is 2.82. The van der Waals surface area contributed by atoms with Gasteiger partial charge in [0.2, 0.25) is 12.7 Å². The predicted octanol–water partition coefficient (Wildman–Crippen LogP) is 2.31. The molecule has 146 valence electrons. The van der Waals surface area contributed by atoms with Crippen molar-refractivity contribution in [3.63, 3.8) is 0 Å². The molecule has 0 spiro atoms. The summed E-state index contributed by atoms with van der Waals surface area (Å²) in [7, 11) is 0. The highest BCUT2D eigenvalue weighted by Gasteiger charge is 2.24. The molecule has 1 unspecified atom stereocenters. The number of carbonyl (C=O) groups is 1. The first-order valence-corrected chi connectivity index (χ1v) is 8.54. The summed E-state index contributed by atoms with van der Waals surface area (Å²) < 4.78 is 10.9. The minimum absolute atomic E-state index is 0.0581. The van der Waals surface area contributed by atoms with Gasteiger partial charge in [-0.1, -0.05) is 6.92 Å². The minimum atomic E-state index is -0.492. The lowest BCUT2D eigenvalue weighted by molar-refractivity contribution is -0.384. The molecule has 1 aliphatic rings. The zero-order valence-electron chi connectivity index (χ0n) is 15.3. The van der Waals surface area contributed by atoms with E-state index in [2.05, 4.69) is 10.5 Å². The fourth-order valence-corrected chi connectivity index (χ4v) is 2.82. The van der Waals surface area contributed by atoms with Crippen LogP contribution in [0.3, 0.4) is 0 Å². The Bertz CT molecular complexity index is 939. The second-order valence-electron chi connectivity index (χ2n) is 6.31. The third-order valence-electron chi connectivity index (χ3n) is 4.28. The molecule has 9 heteroatoms. The Morgan fingerprint density at radius 1 is 1.29 bits per heavy atom. The number of nitrogens with zero attached hydrogens (tertiary/aromatic N) is 2. The topological polar surface area (TPSA) is 123 Å². The van der Waals surface area contributed by atoms with Crippen LogP contribution in [0.25, 0.3) is 0 Å². The molecular formula is C19H19N3O6. The number of carbonyl (C=O) groups excluding carboxylic acids is 1. The number of nitrogens with one attached hydrogen (secondary N) is 1. The van der Waals surface area contributed by atoms with Crippen LogP contribution >= 0.6 is 0 Å². The van der Waals surface area contributed by atoms with E-state index >= 15 is 0 Å².